The maximum Gasteiger partial charge on any atom is 0.248 e. The molecule has 0 aliphatic rings. The summed E-state index contributed by atoms with van der Waals surface area (Å²) in [6, 6.07) is 15.4. The van der Waals surface area contributed by atoms with E-state index in [1.807, 2.05) is 30.3 Å². The van der Waals surface area contributed by atoms with Crippen molar-refractivity contribution in [3.63, 3.8) is 0 Å². The molecule has 6 heteroatoms. The smallest absolute Gasteiger partial charge is 0.248 e. The Bertz CT molecular complexity index is 843. The molecule has 5 nitrogen and oxygen atoms in total. The van der Waals surface area contributed by atoms with Gasteiger partial charge in [0.15, 0.2) is 0 Å². The van der Waals surface area contributed by atoms with Crippen molar-refractivity contribution in [2.24, 2.45) is 0 Å². The van der Waals surface area contributed by atoms with E-state index in [0.717, 1.165) is 5.69 Å². The van der Waals surface area contributed by atoms with Crippen molar-refractivity contribution < 1.29 is 9.18 Å². The number of anilines is 1. The summed E-state index contributed by atoms with van der Waals surface area (Å²) in [6.45, 7) is 0. The topological polar surface area (TPSA) is 59.8 Å². The highest BCUT2D eigenvalue weighted by Crippen LogP contribution is 2.12. The molecule has 0 bridgehead atoms. The third-order valence-corrected chi connectivity index (χ3v) is 3.03. The molecule has 0 atom stereocenters. The Morgan fingerprint density at radius 1 is 1.09 bits per heavy atom. The zero-order chi connectivity index (χ0) is 16.1. The highest BCUT2D eigenvalue weighted by molar-refractivity contribution is 6.01. The molecule has 2 aromatic carbocycles. The Labute approximate surface area is 132 Å². The van der Waals surface area contributed by atoms with Gasteiger partial charge in [-0.25, -0.2) is 4.39 Å². The molecule has 3 aromatic rings. The predicted octanol–water partition coefficient (Wildman–Crippen LogP) is 3.06. The molecule has 114 valence electrons. The molecule has 0 fully saturated rings. The van der Waals surface area contributed by atoms with Crippen molar-refractivity contribution >= 4 is 17.7 Å². The minimum absolute atomic E-state index is 0.134. The lowest BCUT2D eigenvalue weighted by Gasteiger charge is -2.02. The summed E-state index contributed by atoms with van der Waals surface area (Å²) in [5.74, 6) is -0.923. The van der Waals surface area contributed by atoms with Gasteiger partial charge in [-0.05, 0) is 30.3 Å². The first-order valence-electron chi connectivity index (χ1n) is 6.94. The van der Waals surface area contributed by atoms with Crippen molar-refractivity contribution in [3.05, 3.63) is 78.4 Å². The highest BCUT2D eigenvalue weighted by Gasteiger charge is 2.04. The lowest BCUT2D eigenvalue weighted by Crippen LogP contribution is -2.09. The summed E-state index contributed by atoms with van der Waals surface area (Å²) in [4.78, 5) is 13.3. The standard InChI is InChI=1S/C17H13FN4O/c18-15-8-4-5-9-16(15)20-17(23)11-10-13-12-19-22(21-13)14-6-2-1-3-7-14/h1-12H,(H,20,23)/b11-10+. The zero-order valence-electron chi connectivity index (χ0n) is 12.1. The Morgan fingerprint density at radius 3 is 2.61 bits per heavy atom. The summed E-state index contributed by atoms with van der Waals surface area (Å²) in [5.41, 5.74) is 1.48. The number of nitrogens with one attached hydrogen (secondary N) is 1. The van der Waals surface area contributed by atoms with Crippen molar-refractivity contribution in [1.82, 2.24) is 15.0 Å². The number of benzene rings is 2. The number of carbonyl (C=O) groups excluding carboxylic acids is 1. The zero-order valence-corrected chi connectivity index (χ0v) is 12.1. The van der Waals surface area contributed by atoms with E-state index in [2.05, 4.69) is 15.5 Å². The molecular formula is C17H13FN4O. The van der Waals surface area contributed by atoms with E-state index in [4.69, 9.17) is 0 Å². The fraction of sp³-hybridized carbons (Fsp3) is 0. The van der Waals surface area contributed by atoms with Crippen LogP contribution in [0.15, 0.2) is 66.9 Å². The van der Waals surface area contributed by atoms with Gasteiger partial charge in [-0.1, -0.05) is 30.3 Å². The summed E-state index contributed by atoms with van der Waals surface area (Å²) in [6.07, 6.45) is 4.34. The number of aromatic nitrogens is 3. The average Bonchev–Trinajstić information content (AvgIpc) is 3.05. The Morgan fingerprint density at radius 2 is 1.83 bits per heavy atom. The van der Waals surface area contributed by atoms with Crippen molar-refractivity contribution in [2.75, 3.05) is 5.32 Å². The number of rotatable bonds is 4. The van der Waals surface area contributed by atoms with Crippen molar-refractivity contribution in [2.45, 2.75) is 0 Å². The number of carbonyl (C=O) groups is 1. The van der Waals surface area contributed by atoms with Crippen LogP contribution in [0, 0.1) is 5.82 Å². The van der Waals surface area contributed by atoms with Gasteiger partial charge in [0.25, 0.3) is 0 Å². The van der Waals surface area contributed by atoms with E-state index in [1.165, 1.54) is 29.1 Å². The van der Waals surface area contributed by atoms with Gasteiger partial charge in [-0.15, -0.1) is 5.10 Å². The van der Waals surface area contributed by atoms with Crippen LogP contribution < -0.4 is 5.32 Å². The van der Waals surface area contributed by atoms with Gasteiger partial charge < -0.3 is 5.32 Å². The molecule has 0 saturated carbocycles. The Balaban J connectivity index is 1.68. The van der Waals surface area contributed by atoms with Crippen LogP contribution >= 0.6 is 0 Å². The van der Waals surface area contributed by atoms with Crippen molar-refractivity contribution in [1.29, 1.82) is 0 Å². The van der Waals surface area contributed by atoms with Gasteiger partial charge >= 0.3 is 0 Å². The predicted molar refractivity (Wildman–Crippen MR) is 85.4 cm³/mol. The maximum atomic E-state index is 13.4. The Kier molecular flexibility index (Phi) is 4.24. The molecule has 23 heavy (non-hydrogen) atoms. The van der Waals surface area contributed by atoms with Crippen molar-refractivity contribution in [3.8, 4) is 5.69 Å². The van der Waals surface area contributed by atoms with E-state index >= 15 is 0 Å². The molecule has 0 radical (unpaired) electrons. The second kappa shape index (κ2) is 6.65. The molecule has 0 saturated heterocycles. The highest BCUT2D eigenvalue weighted by atomic mass is 19.1. The molecular weight excluding hydrogens is 295 g/mol. The van der Waals surface area contributed by atoms with E-state index in [0.29, 0.717) is 5.69 Å². The van der Waals surface area contributed by atoms with Crippen LogP contribution in [0.3, 0.4) is 0 Å². The van der Waals surface area contributed by atoms with Crippen LogP contribution in [0.1, 0.15) is 5.69 Å². The number of halogens is 1. The summed E-state index contributed by atoms with van der Waals surface area (Å²) in [7, 11) is 0. The molecule has 1 N–H and O–H groups in total. The fourth-order valence-electron chi connectivity index (χ4n) is 1.93. The molecule has 0 aliphatic heterocycles. The first-order chi connectivity index (χ1) is 11.2. The number of amides is 1. The van der Waals surface area contributed by atoms with Crippen LogP contribution in [0.2, 0.25) is 0 Å². The largest absolute Gasteiger partial charge is 0.320 e. The second-order valence-electron chi connectivity index (χ2n) is 4.70. The van der Waals surface area contributed by atoms with Crippen LogP contribution in [-0.2, 0) is 4.79 Å². The fourth-order valence-corrected chi connectivity index (χ4v) is 1.93. The monoisotopic (exact) mass is 308 g/mol. The molecule has 3 rings (SSSR count). The molecule has 1 aromatic heterocycles. The lowest BCUT2D eigenvalue weighted by atomic mass is 10.3. The number of para-hydroxylation sites is 2. The van der Waals surface area contributed by atoms with Gasteiger partial charge in [-0.2, -0.15) is 9.90 Å². The third-order valence-electron chi connectivity index (χ3n) is 3.03. The first-order valence-corrected chi connectivity index (χ1v) is 6.94. The van der Waals surface area contributed by atoms with E-state index in [9.17, 15) is 9.18 Å². The van der Waals surface area contributed by atoms with E-state index in [1.54, 1.807) is 18.3 Å². The quantitative estimate of drug-likeness (QED) is 0.754. The van der Waals surface area contributed by atoms with Crippen LogP contribution in [0.5, 0.6) is 0 Å². The van der Waals surface area contributed by atoms with Crippen LogP contribution in [-0.4, -0.2) is 20.9 Å². The first kappa shape index (κ1) is 14.6. The third kappa shape index (κ3) is 3.68. The number of nitrogens with zero attached hydrogens (tertiary/aromatic N) is 3. The molecule has 1 heterocycles. The minimum atomic E-state index is -0.482. The van der Waals surface area contributed by atoms with Gasteiger partial charge in [0.1, 0.15) is 11.5 Å². The van der Waals surface area contributed by atoms with E-state index in [-0.39, 0.29) is 5.69 Å². The summed E-state index contributed by atoms with van der Waals surface area (Å²) in [5, 5.41) is 10.8. The Hall–Kier alpha value is -3.28. The van der Waals surface area contributed by atoms with Gasteiger partial charge in [-0.3, -0.25) is 4.79 Å². The number of hydrogen-bond acceptors (Lipinski definition) is 3. The second-order valence-corrected chi connectivity index (χ2v) is 4.70. The SMILES string of the molecule is O=C(/C=C/c1cnn(-c2ccccc2)n1)Nc1ccccc1F. The van der Waals surface area contributed by atoms with E-state index < -0.39 is 11.7 Å². The van der Waals surface area contributed by atoms with Crippen LogP contribution in [0.4, 0.5) is 10.1 Å². The lowest BCUT2D eigenvalue weighted by molar-refractivity contribution is -0.111. The molecule has 0 unspecified atom stereocenters. The molecule has 0 aliphatic carbocycles. The average molecular weight is 308 g/mol. The van der Waals surface area contributed by atoms with Gasteiger partial charge in [0.2, 0.25) is 5.91 Å². The summed E-state index contributed by atoms with van der Waals surface area (Å²) >= 11 is 0. The maximum absolute atomic E-state index is 13.4. The minimum Gasteiger partial charge on any atom is -0.320 e. The van der Waals surface area contributed by atoms with Gasteiger partial charge in [0, 0.05) is 6.08 Å². The van der Waals surface area contributed by atoms with Crippen LogP contribution in [0.25, 0.3) is 11.8 Å². The molecule has 0 spiro atoms. The number of hydrogen-bond donors (Lipinski definition) is 1. The van der Waals surface area contributed by atoms with Gasteiger partial charge in [0.05, 0.1) is 17.6 Å². The summed E-state index contributed by atoms with van der Waals surface area (Å²) < 4.78 is 13.4. The molecule has 1 amide bonds. The normalized spacial score (nSPS) is 10.8.